The molecule has 0 spiro atoms. The molecule has 4 aliphatic rings. The molecule has 2 fully saturated rings. The van der Waals surface area contributed by atoms with Gasteiger partial charge in [0.2, 0.25) is 0 Å². The summed E-state index contributed by atoms with van der Waals surface area (Å²) >= 11 is 0. The molecule has 25 heteroatoms. The number of carbonyl (C=O) groups is 2. The molecule has 3 unspecified atom stereocenters. The average Bonchev–Trinajstić information content (AvgIpc) is 4.20. The van der Waals surface area contributed by atoms with Crippen molar-refractivity contribution in [3.05, 3.63) is 136 Å². The number of hydrogen-bond acceptors (Lipinski definition) is 20. The van der Waals surface area contributed by atoms with Crippen LogP contribution >= 0.6 is 0 Å². The number of oxime groups is 2. The van der Waals surface area contributed by atoms with Crippen LogP contribution in [0.2, 0.25) is 0 Å². The van der Waals surface area contributed by atoms with Gasteiger partial charge in [-0.05, 0) is 98.8 Å². The van der Waals surface area contributed by atoms with Crippen LogP contribution in [0.25, 0.3) is 0 Å². The summed E-state index contributed by atoms with van der Waals surface area (Å²) in [6.07, 6.45) is -0.629. The number of hydrogen-bond donors (Lipinski definition) is 3. The van der Waals surface area contributed by atoms with E-state index < -0.39 is 57.5 Å². The van der Waals surface area contributed by atoms with Crippen molar-refractivity contribution in [2.75, 3.05) is 53.3 Å². The van der Waals surface area contributed by atoms with E-state index in [0.717, 1.165) is 5.56 Å². The predicted molar refractivity (Wildman–Crippen MR) is 273 cm³/mol. The van der Waals surface area contributed by atoms with Gasteiger partial charge in [-0.1, -0.05) is 34.6 Å². The summed E-state index contributed by atoms with van der Waals surface area (Å²) in [5.41, 5.74) is 9.05. The lowest BCUT2D eigenvalue weighted by Gasteiger charge is -2.36. The smallest absolute Gasteiger partial charge is 0.297 e. The van der Waals surface area contributed by atoms with Gasteiger partial charge in [-0.3, -0.25) is 13.8 Å². The van der Waals surface area contributed by atoms with Gasteiger partial charge < -0.3 is 54.5 Å². The van der Waals surface area contributed by atoms with Crippen LogP contribution in [0.15, 0.2) is 88.0 Å². The molecule has 0 aliphatic carbocycles. The van der Waals surface area contributed by atoms with E-state index in [4.69, 9.17) is 48.0 Å². The number of nitrogens with one attached hydrogen (secondary N) is 2. The molecule has 5 aromatic rings. The van der Waals surface area contributed by atoms with Gasteiger partial charge in [-0.25, -0.2) is 28.7 Å². The van der Waals surface area contributed by atoms with Crippen molar-refractivity contribution in [3.8, 4) is 11.5 Å². The van der Waals surface area contributed by atoms with Crippen LogP contribution in [0.5, 0.6) is 11.5 Å². The Morgan fingerprint density at radius 2 is 1.35 bits per heavy atom. The van der Waals surface area contributed by atoms with Crippen LogP contribution in [-0.4, -0.2) is 141 Å². The SMILES string of the molecule is COc1cc(CNC(=O)c2cc(C3=NOC(C4CO[C@H](COS(=O)(=O)c5ccc(CCCOc6cc(CNC(=O)c7cc(C8=NOC(C)([C@H]9CO[C@H](CN)CO9)C8)nc(C)n7)ccc6F)cc5)CO4)C3)nc(C)n2)ccc1F. The van der Waals surface area contributed by atoms with Crippen molar-refractivity contribution >= 4 is 33.4 Å². The van der Waals surface area contributed by atoms with Gasteiger partial charge in [0.05, 0.1) is 69.1 Å². The maximum Gasteiger partial charge on any atom is 0.297 e. The second-order valence-electron chi connectivity index (χ2n) is 19.1. The quantitative estimate of drug-likeness (QED) is 0.0680. The summed E-state index contributed by atoms with van der Waals surface area (Å²) in [5, 5.41) is 14.1. The standard InChI is InChI=1S/C53H59F2N9O13S/c1-30-59-40(18-43(61-30)51(65)57-23-33-9-13-38(54)46(16-33)69-4)42-20-48(76-63-42)49-28-71-36(26-73-49)27-75-78(67,68)37-11-7-32(8-12-37)6-5-15-70-47-17-34(10-14-39(47)55)24-58-52(66)44-19-41(60-31(2)62-44)45-21-53(3,77-64-45)50-29-72-35(22-56)25-74-50/h7-14,16-19,35-36,48-50H,5-6,15,20-29,56H2,1-4H3,(H,57,65)(H,58,66)/t35-,36+,48?,49?,50-,53?/m1/s1. The summed E-state index contributed by atoms with van der Waals surface area (Å²) < 4.78 is 94.8. The highest BCUT2D eigenvalue weighted by Crippen LogP contribution is 2.33. The monoisotopic (exact) mass is 1100 g/mol. The predicted octanol–water partition coefficient (Wildman–Crippen LogP) is 4.35. The van der Waals surface area contributed by atoms with Crippen molar-refractivity contribution in [2.24, 2.45) is 16.0 Å². The zero-order valence-electron chi connectivity index (χ0n) is 43.2. The second kappa shape index (κ2) is 24.7. The minimum Gasteiger partial charge on any atom is -0.494 e. The molecular formula is C53H59F2N9O13S. The van der Waals surface area contributed by atoms with Crippen LogP contribution in [0, 0.1) is 25.5 Å². The summed E-state index contributed by atoms with van der Waals surface area (Å²) in [6.45, 7) is 6.37. The zero-order valence-corrected chi connectivity index (χ0v) is 44.1. The van der Waals surface area contributed by atoms with Crippen molar-refractivity contribution in [2.45, 2.75) is 101 Å². The first-order valence-electron chi connectivity index (χ1n) is 25.2. The van der Waals surface area contributed by atoms with Gasteiger partial charge >= 0.3 is 0 Å². The molecule has 2 aromatic heterocycles. The normalized spacial score (nSPS) is 22.2. The fraction of sp³-hybridized carbons (Fsp3) is 0.434. The molecule has 0 radical (unpaired) electrons. The van der Waals surface area contributed by atoms with E-state index in [1.54, 1.807) is 44.2 Å². The maximum atomic E-state index is 14.8. The highest BCUT2D eigenvalue weighted by molar-refractivity contribution is 7.86. The first kappa shape index (κ1) is 55.6. The highest BCUT2D eigenvalue weighted by atomic mass is 32.2. The molecule has 78 heavy (non-hydrogen) atoms. The third-order valence-electron chi connectivity index (χ3n) is 13.2. The van der Waals surface area contributed by atoms with E-state index in [1.165, 1.54) is 49.6 Å². The van der Waals surface area contributed by atoms with Crippen LogP contribution in [0.4, 0.5) is 8.78 Å². The Morgan fingerprint density at radius 1 is 0.731 bits per heavy atom. The number of carbonyl (C=O) groups excluding carboxylic acids is 2. The third kappa shape index (κ3) is 13.8. The van der Waals surface area contributed by atoms with Crippen LogP contribution in [0.1, 0.15) is 86.9 Å². The molecule has 4 aliphatic heterocycles. The lowest BCUT2D eigenvalue weighted by molar-refractivity contribution is -0.200. The van der Waals surface area contributed by atoms with E-state index in [0.29, 0.717) is 91.0 Å². The Bertz CT molecular complexity index is 3160. The molecule has 3 aromatic carbocycles. The molecule has 22 nitrogen and oxygen atoms in total. The molecule has 0 bridgehead atoms. The van der Waals surface area contributed by atoms with Gasteiger partial charge in [0, 0.05) is 32.5 Å². The Hall–Kier alpha value is -7.13. The number of benzene rings is 3. The molecule has 414 valence electrons. The zero-order chi connectivity index (χ0) is 55.0. The van der Waals surface area contributed by atoms with Gasteiger partial charge in [0.15, 0.2) is 34.8 Å². The van der Waals surface area contributed by atoms with Crippen LogP contribution in [-0.2, 0) is 62.4 Å². The molecule has 2 saturated heterocycles. The number of methoxy groups -OCH3 is 1. The minimum absolute atomic E-state index is 0.0166. The summed E-state index contributed by atoms with van der Waals surface area (Å²) in [7, 11) is -2.79. The van der Waals surface area contributed by atoms with Crippen LogP contribution < -0.4 is 25.8 Å². The fourth-order valence-electron chi connectivity index (χ4n) is 8.82. The number of amides is 2. The number of aromatic nitrogens is 4. The number of aryl methyl sites for hydroxylation is 3. The third-order valence-corrected chi connectivity index (χ3v) is 14.5. The minimum atomic E-state index is -4.15. The van der Waals surface area contributed by atoms with E-state index in [9.17, 15) is 26.8 Å². The van der Waals surface area contributed by atoms with Crippen molar-refractivity contribution in [1.82, 2.24) is 30.6 Å². The lowest BCUT2D eigenvalue weighted by atomic mass is 9.91. The molecule has 0 saturated carbocycles. The summed E-state index contributed by atoms with van der Waals surface area (Å²) in [5.74, 6) is -1.23. The fourth-order valence-corrected chi connectivity index (χ4v) is 9.76. The molecule has 6 atom stereocenters. The van der Waals surface area contributed by atoms with Gasteiger partial charge in [0.1, 0.15) is 52.8 Å². The number of halogens is 2. The Kier molecular flexibility index (Phi) is 17.6. The van der Waals surface area contributed by atoms with Gasteiger partial charge in [0.25, 0.3) is 21.9 Å². The second-order valence-corrected chi connectivity index (χ2v) is 20.8. The molecule has 6 heterocycles. The number of nitrogens with two attached hydrogens (primary N) is 1. The number of rotatable bonds is 21. The number of ether oxygens (including phenoxy) is 6. The van der Waals surface area contributed by atoms with Crippen LogP contribution in [0.3, 0.4) is 0 Å². The Balaban J connectivity index is 0.675. The van der Waals surface area contributed by atoms with Crippen molar-refractivity contribution in [1.29, 1.82) is 0 Å². The highest BCUT2D eigenvalue weighted by Gasteiger charge is 2.46. The van der Waals surface area contributed by atoms with E-state index in [1.807, 2.05) is 6.92 Å². The molecule has 2 amide bonds. The first-order valence-corrected chi connectivity index (χ1v) is 26.6. The van der Waals surface area contributed by atoms with E-state index in [-0.39, 0.29) is 79.5 Å². The number of nitrogens with zero attached hydrogens (tertiary/aromatic N) is 6. The van der Waals surface area contributed by atoms with Crippen molar-refractivity contribution < 1.29 is 69.1 Å². The largest absolute Gasteiger partial charge is 0.494 e. The van der Waals surface area contributed by atoms with E-state index >= 15 is 0 Å². The Morgan fingerprint density at radius 3 is 1.96 bits per heavy atom. The lowest BCUT2D eigenvalue weighted by Crippen LogP contribution is -2.51. The van der Waals surface area contributed by atoms with Gasteiger partial charge in [-0.15, -0.1) is 0 Å². The van der Waals surface area contributed by atoms with Gasteiger partial charge in [-0.2, -0.15) is 8.42 Å². The maximum absolute atomic E-state index is 14.8. The van der Waals surface area contributed by atoms with Crippen molar-refractivity contribution in [3.63, 3.8) is 0 Å². The summed E-state index contributed by atoms with van der Waals surface area (Å²) in [6, 6.07) is 17.9. The Labute approximate surface area is 448 Å². The molecule has 4 N–H and O–H groups in total. The molecular weight excluding hydrogens is 1040 g/mol. The first-order chi connectivity index (χ1) is 37.5. The topological polar surface area (TPSA) is 278 Å². The average molecular weight is 1100 g/mol. The van der Waals surface area contributed by atoms with E-state index in [2.05, 4.69) is 40.9 Å². The summed E-state index contributed by atoms with van der Waals surface area (Å²) in [4.78, 5) is 55.3. The molecule has 9 rings (SSSR count).